The van der Waals surface area contributed by atoms with Gasteiger partial charge in [-0.2, -0.15) is 0 Å². The predicted molar refractivity (Wildman–Crippen MR) is 42.6 cm³/mol. The average Bonchev–Trinajstić information content (AvgIpc) is 2.00. The summed E-state index contributed by atoms with van der Waals surface area (Å²) in [6.45, 7) is 1.79. The third-order valence-corrected chi connectivity index (χ3v) is 2.48. The first-order valence-electron chi connectivity index (χ1n) is 4.13. The van der Waals surface area contributed by atoms with Gasteiger partial charge < -0.3 is 4.79 Å². The molecule has 0 aromatic rings. The minimum absolute atomic E-state index is 0.0156. The lowest BCUT2D eigenvalue weighted by atomic mass is 9.77. The lowest BCUT2D eigenvalue weighted by Crippen LogP contribution is -2.31. The Kier molecular flexibility index (Phi) is 2.74. The van der Waals surface area contributed by atoms with Gasteiger partial charge in [0.05, 0.1) is 6.42 Å². The van der Waals surface area contributed by atoms with Crippen molar-refractivity contribution in [3.05, 3.63) is 0 Å². The van der Waals surface area contributed by atoms with E-state index in [1.165, 1.54) is 0 Å². The maximum absolute atomic E-state index is 11.2. The molecule has 12 heavy (non-hydrogen) atoms. The highest BCUT2D eigenvalue weighted by Gasteiger charge is 2.31. The van der Waals surface area contributed by atoms with Gasteiger partial charge in [0.15, 0.2) is 0 Å². The van der Waals surface area contributed by atoms with Crippen molar-refractivity contribution in [2.24, 2.45) is 11.8 Å². The van der Waals surface area contributed by atoms with Crippen molar-refractivity contribution in [1.29, 1.82) is 0 Å². The Morgan fingerprint density at radius 3 is 2.75 bits per heavy atom. The monoisotopic (exact) mass is 168 g/mol. The quantitative estimate of drug-likeness (QED) is 0.452. The molecule has 0 spiro atoms. The van der Waals surface area contributed by atoms with Gasteiger partial charge >= 0.3 is 0 Å². The summed E-state index contributed by atoms with van der Waals surface area (Å²) in [5.74, 6) is -0.202. The fraction of sp³-hybridized carbons (Fsp3) is 0.667. The molecule has 0 aromatic heterocycles. The van der Waals surface area contributed by atoms with Crippen molar-refractivity contribution >= 4 is 17.9 Å². The molecule has 2 atom stereocenters. The molecule has 0 bridgehead atoms. The van der Waals surface area contributed by atoms with E-state index in [2.05, 4.69) is 0 Å². The molecule has 0 amide bonds. The molecule has 66 valence electrons. The van der Waals surface area contributed by atoms with E-state index in [1.807, 2.05) is 0 Å². The third-order valence-electron chi connectivity index (χ3n) is 2.48. The van der Waals surface area contributed by atoms with Crippen LogP contribution in [0.2, 0.25) is 0 Å². The van der Waals surface area contributed by atoms with Crippen LogP contribution in [0.15, 0.2) is 0 Å². The van der Waals surface area contributed by atoms with Crippen LogP contribution in [-0.4, -0.2) is 17.9 Å². The number of rotatable bonds is 2. The first-order valence-corrected chi connectivity index (χ1v) is 4.13. The summed E-state index contributed by atoms with van der Waals surface area (Å²) in [4.78, 5) is 32.3. The summed E-state index contributed by atoms with van der Waals surface area (Å²) in [6, 6.07) is 0. The molecule has 1 saturated carbocycles. The molecule has 0 heterocycles. The Labute approximate surface area is 71.1 Å². The van der Waals surface area contributed by atoms with Gasteiger partial charge in [0.2, 0.25) is 0 Å². The van der Waals surface area contributed by atoms with Gasteiger partial charge in [0, 0.05) is 18.8 Å². The zero-order chi connectivity index (χ0) is 9.14. The normalized spacial score (nSPS) is 30.4. The van der Waals surface area contributed by atoms with Gasteiger partial charge in [-0.05, 0) is 5.92 Å². The summed E-state index contributed by atoms with van der Waals surface area (Å²) in [6.07, 6.45) is 1.58. The molecule has 3 nitrogen and oxygen atoms in total. The van der Waals surface area contributed by atoms with Crippen molar-refractivity contribution in [2.75, 3.05) is 0 Å². The summed E-state index contributed by atoms with van der Waals surface area (Å²) in [5, 5.41) is 0. The number of carbonyl (C=O) groups is 3. The fourth-order valence-electron chi connectivity index (χ4n) is 1.57. The Morgan fingerprint density at radius 2 is 2.17 bits per heavy atom. The second kappa shape index (κ2) is 3.61. The molecule has 3 heteroatoms. The standard InChI is InChI=1S/C9H12O3/c1-6-7(2-3-10)4-8(11)5-9(6)12/h3,6-7H,2,4-5H2,1H3. The van der Waals surface area contributed by atoms with Crippen LogP contribution in [0.1, 0.15) is 26.2 Å². The van der Waals surface area contributed by atoms with E-state index in [9.17, 15) is 14.4 Å². The first-order chi connectivity index (χ1) is 5.65. The van der Waals surface area contributed by atoms with E-state index in [-0.39, 0.29) is 29.8 Å². The summed E-state index contributed by atoms with van der Waals surface area (Å²) >= 11 is 0. The molecule has 0 aromatic carbocycles. The number of ketones is 2. The largest absolute Gasteiger partial charge is 0.303 e. The van der Waals surface area contributed by atoms with Crippen molar-refractivity contribution in [3.63, 3.8) is 0 Å². The van der Waals surface area contributed by atoms with Gasteiger partial charge in [-0.1, -0.05) is 6.92 Å². The van der Waals surface area contributed by atoms with Crippen molar-refractivity contribution in [3.8, 4) is 0 Å². The second-order valence-electron chi connectivity index (χ2n) is 3.34. The molecule has 1 aliphatic carbocycles. The van der Waals surface area contributed by atoms with Crippen LogP contribution >= 0.6 is 0 Å². The van der Waals surface area contributed by atoms with Gasteiger partial charge in [0.1, 0.15) is 17.9 Å². The Balaban J connectivity index is 2.65. The van der Waals surface area contributed by atoms with Gasteiger partial charge in [-0.15, -0.1) is 0 Å². The summed E-state index contributed by atoms with van der Waals surface area (Å²) < 4.78 is 0. The van der Waals surface area contributed by atoms with E-state index in [0.29, 0.717) is 12.8 Å². The molecule has 0 N–H and O–H groups in total. The number of hydrogen-bond acceptors (Lipinski definition) is 3. The second-order valence-corrected chi connectivity index (χ2v) is 3.34. The number of aldehydes is 1. The van der Waals surface area contributed by atoms with Crippen molar-refractivity contribution in [1.82, 2.24) is 0 Å². The molecule has 1 fully saturated rings. The summed E-state index contributed by atoms with van der Waals surface area (Å²) in [7, 11) is 0. The maximum Gasteiger partial charge on any atom is 0.143 e. The zero-order valence-corrected chi connectivity index (χ0v) is 7.08. The minimum Gasteiger partial charge on any atom is -0.303 e. The molecule has 0 aliphatic heterocycles. The molecule has 0 saturated heterocycles. The number of hydrogen-bond donors (Lipinski definition) is 0. The van der Waals surface area contributed by atoms with E-state index < -0.39 is 0 Å². The topological polar surface area (TPSA) is 51.2 Å². The Bertz CT molecular complexity index is 220. The Morgan fingerprint density at radius 1 is 1.50 bits per heavy atom. The minimum atomic E-state index is -0.118. The molecule has 2 unspecified atom stereocenters. The van der Waals surface area contributed by atoms with Crippen LogP contribution in [0.4, 0.5) is 0 Å². The van der Waals surface area contributed by atoms with E-state index in [1.54, 1.807) is 6.92 Å². The highest BCUT2D eigenvalue weighted by molar-refractivity contribution is 6.02. The fourth-order valence-corrected chi connectivity index (χ4v) is 1.57. The van der Waals surface area contributed by atoms with Crippen LogP contribution in [0.25, 0.3) is 0 Å². The van der Waals surface area contributed by atoms with Crippen LogP contribution in [0, 0.1) is 11.8 Å². The van der Waals surface area contributed by atoms with E-state index in [4.69, 9.17) is 0 Å². The zero-order valence-electron chi connectivity index (χ0n) is 7.08. The molecular formula is C9H12O3. The van der Waals surface area contributed by atoms with Crippen molar-refractivity contribution < 1.29 is 14.4 Å². The third kappa shape index (κ3) is 1.78. The lowest BCUT2D eigenvalue weighted by molar-refractivity contribution is -0.134. The van der Waals surface area contributed by atoms with Crippen LogP contribution in [0.5, 0.6) is 0 Å². The van der Waals surface area contributed by atoms with Gasteiger partial charge in [0.25, 0.3) is 0 Å². The van der Waals surface area contributed by atoms with Crippen LogP contribution < -0.4 is 0 Å². The van der Waals surface area contributed by atoms with Crippen molar-refractivity contribution in [2.45, 2.75) is 26.2 Å². The van der Waals surface area contributed by atoms with Gasteiger partial charge in [-0.3, -0.25) is 9.59 Å². The van der Waals surface area contributed by atoms with E-state index >= 15 is 0 Å². The maximum atomic E-state index is 11.2. The molecular weight excluding hydrogens is 156 g/mol. The van der Waals surface area contributed by atoms with Crippen LogP contribution in [-0.2, 0) is 14.4 Å². The van der Waals surface area contributed by atoms with E-state index in [0.717, 1.165) is 6.29 Å². The summed E-state index contributed by atoms with van der Waals surface area (Å²) in [5.41, 5.74) is 0. The highest BCUT2D eigenvalue weighted by Crippen LogP contribution is 2.26. The van der Waals surface area contributed by atoms with Gasteiger partial charge in [-0.25, -0.2) is 0 Å². The molecule has 0 radical (unpaired) electrons. The molecule has 1 aliphatic rings. The lowest BCUT2D eigenvalue weighted by Gasteiger charge is -2.24. The average molecular weight is 168 g/mol. The Hall–Kier alpha value is -0.990. The predicted octanol–water partition coefficient (Wildman–Crippen LogP) is 0.760. The SMILES string of the molecule is CC1C(=O)CC(=O)CC1CC=O. The number of Topliss-reactive ketones (excluding diaryl/α,β-unsaturated/α-hetero) is 2. The smallest absolute Gasteiger partial charge is 0.143 e. The highest BCUT2D eigenvalue weighted by atomic mass is 16.1. The molecule has 1 rings (SSSR count). The number of carbonyl (C=O) groups excluding carboxylic acids is 3. The first kappa shape index (κ1) is 9.10. The van der Waals surface area contributed by atoms with Crippen LogP contribution in [0.3, 0.4) is 0 Å².